The van der Waals surface area contributed by atoms with Crippen LogP contribution in [0.3, 0.4) is 0 Å². The van der Waals surface area contributed by atoms with Gasteiger partial charge >= 0.3 is 0 Å². The highest BCUT2D eigenvalue weighted by molar-refractivity contribution is 4.55. The Morgan fingerprint density at radius 1 is 0.153 bits per heavy atom. The summed E-state index contributed by atoms with van der Waals surface area (Å²) in [5.74, 6) is 0.895. The van der Waals surface area contributed by atoms with Crippen LogP contribution in [0, 0.1) is 5.92 Å². The Bertz CT molecular complexity index is 678. The smallest absolute Gasteiger partial charge is 0.0471 e. The Labute approximate surface area is 378 Å². The molecule has 0 amide bonds. The molecule has 0 aromatic heterocycles. The third kappa shape index (κ3) is 58.0. The molecule has 0 N–H and O–H groups in total. The molecular weight excluding hydrogens is 709 g/mol. The standard InChI is InChI=1S/C59H120/c1-4-5-6-7-8-9-10-11-12-13-14-15-16-17-18-19-20-21-22-23-24-25-26-27-28-29-30-31-32-33-34-35-36-37-38-39-40-41-42-43-44-45-46-47-48-49-50-51-52-53-54-55-56-57-58-59(2)3/h59H,4-58H2,1-3H3. The summed E-state index contributed by atoms with van der Waals surface area (Å²) >= 11 is 0. The summed E-state index contributed by atoms with van der Waals surface area (Å²) in [6.45, 7) is 7.02. The van der Waals surface area contributed by atoms with Crippen LogP contribution in [0.5, 0.6) is 0 Å². The molecule has 0 rings (SSSR count). The Kier molecular flexibility index (Phi) is 56.0. The normalized spacial score (nSPS) is 11.8. The van der Waals surface area contributed by atoms with Gasteiger partial charge in [0.1, 0.15) is 0 Å². The third-order valence-corrected chi connectivity index (χ3v) is 14.1. The van der Waals surface area contributed by atoms with E-state index in [0.717, 1.165) is 5.92 Å². The summed E-state index contributed by atoms with van der Waals surface area (Å²) in [6, 6.07) is 0. The molecule has 0 heteroatoms. The highest BCUT2D eigenvalue weighted by Gasteiger charge is 2.00. The molecule has 0 aliphatic carbocycles. The summed E-state index contributed by atoms with van der Waals surface area (Å²) in [6.07, 6.45) is 81.9. The molecule has 0 unspecified atom stereocenters. The van der Waals surface area contributed by atoms with E-state index in [-0.39, 0.29) is 0 Å². The molecule has 0 heterocycles. The Hall–Kier alpha value is 0. The van der Waals surface area contributed by atoms with Gasteiger partial charge in [-0.2, -0.15) is 0 Å². The number of hydrogen-bond donors (Lipinski definition) is 0. The van der Waals surface area contributed by atoms with E-state index in [1.165, 1.54) is 353 Å². The molecule has 0 nitrogen and oxygen atoms in total. The maximum Gasteiger partial charge on any atom is -0.0471 e. The molecule has 0 aromatic rings. The molecular formula is C59H120. The van der Waals surface area contributed by atoms with Crippen LogP contribution in [-0.4, -0.2) is 0 Å². The van der Waals surface area contributed by atoms with Gasteiger partial charge in [-0.3, -0.25) is 0 Å². The second-order valence-electron chi connectivity index (χ2n) is 20.9. The van der Waals surface area contributed by atoms with Gasteiger partial charge < -0.3 is 0 Å². The maximum atomic E-state index is 2.36. The molecule has 0 aromatic carbocycles. The number of rotatable bonds is 55. The van der Waals surface area contributed by atoms with Crippen molar-refractivity contribution >= 4 is 0 Å². The van der Waals surface area contributed by atoms with Gasteiger partial charge in [-0.15, -0.1) is 0 Å². The largest absolute Gasteiger partial charge is 0.0654 e. The minimum Gasteiger partial charge on any atom is -0.0654 e. The molecule has 0 bridgehead atoms. The lowest BCUT2D eigenvalue weighted by atomic mass is 10.0. The van der Waals surface area contributed by atoms with Crippen molar-refractivity contribution in [1.29, 1.82) is 0 Å². The molecule has 0 aliphatic rings. The molecule has 356 valence electrons. The van der Waals surface area contributed by atoms with Crippen molar-refractivity contribution in [2.24, 2.45) is 5.92 Å². The van der Waals surface area contributed by atoms with Crippen LogP contribution in [0.1, 0.15) is 374 Å². The van der Waals surface area contributed by atoms with Crippen molar-refractivity contribution in [1.82, 2.24) is 0 Å². The van der Waals surface area contributed by atoms with Crippen molar-refractivity contribution in [2.45, 2.75) is 374 Å². The second-order valence-corrected chi connectivity index (χ2v) is 20.9. The zero-order valence-electron chi connectivity index (χ0n) is 42.5. The number of hydrogen-bond acceptors (Lipinski definition) is 0. The van der Waals surface area contributed by atoms with E-state index in [2.05, 4.69) is 20.8 Å². The fourth-order valence-electron chi connectivity index (χ4n) is 9.82. The van der Waals surface area contributed by atoms with Crippen molar-refractivity contribution in [3.8, 4) is 0 Å². The third-order valence-electron chi connectivity index (χ3n) is 14.1. The van der Waals surface area contributed by atoms with Gasteiger partial charge in [0, 0.05) is 0 Å². The van der Waals surface area contributed by atoms with Gasteiger partial charge in [0.05, 0.1) is 0 Å². The van der Waals surface area contributed by atoms with Crippen LogP contribution in [0.25, 0.3) is 0 Å². The summed E-state index contributed by atoms with van der Waals surface area (Å²) in [5.41, 5.74) is 0. The molecule has 59 heavy (non-hydrogen) atoms. The zero-order valence-corrected chi connectivity index (χ0v) is 42.5. The predicted octanol–water partition coefficient (Wildman–Crippen LogP) is 23.1. The molecule has 0 atom stereocenters. The van der Waals surface area contributed by atoms with Gasteiger partial charge in [-0.05, 0) is 5.92 Å². The Morgan fingerprint density at radius 3 is 0.356 bits per heavy atom. The molecule has 0 fully saturated rings. The van der Waals surface area contributed by atoms with E-state index < -0.39 is 0 Å². The second kappa shape index (κ2) is 56.0. The van der Waals surface area contributed by atoms with Crippen LogP contribution in [0.15, 0.2) is 0 Å². The summed E-state index contributed by atoms with van der Waals surface area (Å²) in [5, 5.41) is 0. The van der Waals surface area contributed by atoms with Crippen LogP contribution in [0.4, 0.5) is 0 Å². The SMILES string of the molecule is CCCCCCCCCCCCCCCCCCCCCCCCCCCCCCCCCCCCCCCCCCCCCCCCCCCCCCCCC(C)C. The Balaban J connectivity index is 3.06. The fourth-order valence-corrected chi connectivity index (χ4v) is 9.82. The van der Waals surface area contributed by atoms with E-state index in [1.54, 1.807) is 0 Å². The van der Waals surface area contributed by atoms with E-state index in [9.17, 15) is 0 Å². The van der Waals surface area contributed by atoms with Crippen LogP contribution >= 0.6 is 0 Å². The van der Waals surface area contributed by atoms with E-state index in [0.29, 0.717) is 0 Å². The first-order valence-electron chi connectivity index (χ1n) is 29.3. The molecule has 0 radical (unpaired) electrons. The summed E-state index contributed by atoms with van der Waals surface area (Å²) < 4.78 is 0. The lowest BCUT2D eigenvalue weighted by Crippen LogP contribution is -1.87. The minimum atomic E-state index is 0.895. The van der Waals surface area contributed by atoms with Crippen molar-refractivity contribution in [2.75, 3.05) is 0 Å². The first kappa shape index (κ1) is 59.0. The van der Waals surface area contributed by atoms with Crippen molar-refractivity contribution in [3.05, 3.63) is 0 Å². The quantitative estimate of drug-likeness (QED) is 0.0536. The van der Waals surface area contributed by atoms with Gasteiger partial charge in [-0.25, -0.2) is 0 Å². The lowest BCUT2D eigenvalue weighted by Gasteiger charge is -2.05. The zero-order chi connectivity index (χ0) is 42.5. The minimum absolute atomic E-state index is 0.895. The predicted molar refractivity (Wildman–Crippen MR) is 274 cm³/mol. The highest BCUT2D eigenvalue weighted by atomic mass is 14.1. The topological polar surface area (TPSA) is 0 Å². The van der Waals surface area contributed by atoms with Gasteiger partial charge in [0.25, 0.3) is 0 Å². The Morgan fingerprint density at radius 2 is 0.254 bits per heavy atom. The van der Waals surface area contributed by atoms with Gasteiger partial charge in [0.15, 0.2) is 0 Å². The molecule has 0 spiro atoms. The van der Waals surface area contributed by atoms with Crippen molar-refractivity contribution in [3.63, 3.8) is 0 Å². The first-order chi connectivity index (χ1) is 29.3. The highest BCUT2D eigenvalue weighted by Crippen LogP contribution is 2.19. The lowest BCUT2D eigenvalue weighted by molar-refractivity contribution is 0.500. The average Bonchev–Trinajstić information content (AvgIpc) is 3.23. The van der Waals surface area contributed by atoms with Crippen LogP contribution in [-0.2, 0) is 0 Å². The molecule has 0 aliphatic heterocycles. The summed E-state index contributed by atoms with van der Waals surface area (Å²) in [4.78, 5) is 0. The molecule has 0 saturated carbocycles. The molecule has 0 saturated heterocycles. The maximum absolute atomic E-state index is 2.36. The number of unbranched alkanes of at least 4 members (excludes halogenated alkanes) is 53. The summed E-state index contributed by atoms with van der Waals surface area (Å²) in [7, 11) is 0. The first-order valence-corrected chi connectivity index (χ1v) is 29.3. The van der Waals surface area contributed by atoms with Crippen molar-refractivity contribution < 1.29 is 0 Å². The van der Waals surface area contributed by atoms with Crippen LogP contribution < -0.4 is 0 Å². The van der Waals surface area contributed by atoms with Gasteiger partial charge in [0.2, 0.25) is 0 Å². The van der Waals surface area contributed by atoms with Crippen LogP contribution in [0.2, 0.25) is 0 Å². The van der Waals surface area contributed by atoms with E-state index in [1.807, 2.05) is 0 Å². The van der Waals surface area contributed by atoms with E-state index >= 15 is 0 Å². The average molecular weight is 830 g/mol. The monoisotopic (exact) mass is 829 g/mol. The van der Waals surface area contributed by atoms with E-state index in [4.69, 9.17) is 0 Å². The fraction of sp³-hybridized carbons (Fsp3) is 1.00. The van der Waals surface area contributed by atoms with Gasteiger partial charge in [-0.1, -0.05) is 374 Å².